The largest absolute Gasteiger partial charge is 0.505 e. The van der Waals surface area contributed by atoms with Gasteiger partial charge < -0.3 is 5.11 Å². The monoisotopic (exact) mass is 370 g/mol. The first-order chi connectivity index (χ1) is 12.3. The molecule has 2 N–H and O–H groups in total. The van der Waals surface area contributed by atoms with Gasteiger partial charge in [0, 0.05) is 28.7 Å². The van der Waals surface area contributed by atoms with E-state index in [0.29, 0.717) is 16.3 Å². The second kappa shape index (κ2) is 6.89. The molecule has 1 aromatic heterocycles. The molecule has 0 aliphatic heterocycles. The van der Waals surface area contributed by atoms with Gasteiger partial charge in [-0.2, -0.15) is 0 Å². The minimum Gasteiger partial charge on any atom is -0.505 e. The van der Waals surface area contributed by atoms with Gasteiger partial charge in [-0.15, -0.1) is 10.2 Å². The van der Waals surface area contributed by atoms with Crippen molar-refractivity contribution in [1.82, 2.24) is 4.98 Å². The number of nitrogens with one attached hydrogen (secondary N) is 1. The van der Waals surface area contributed by atoms with Gasteiger partial charge in [0.15, 0.2) is 5.75 Å². The number of aromatic nitrogens is 1. The lowest BCUT2D eigenvalue weighted by atomic mass is 10.1. The number of benzene rings is 2. The number of phenols is 1. The van der Waals surface area contributed by atoms with Crippen LogP contribution < -0.4 is 4.72 Å². The summed E-state index contributed by atoms with van der Waals surface area (Å²) in [4.78, 5) is 15.8. The quantitative estimate of drug-likeness (QED) is 0.539. The molecule has 26 heavy (non-hydrogen) atoms. The summed E-state index contributed by atoms with van der Waals surface area (Å²) in [5.74, 6) is -0.816. The zero-order valence-corrected chi connectivity index (χ0v) is 14.4. The Morgan fingerprint density at radius 2 is 1.77 bits per heavy atom. The number of fused-ring (bicyclic) bond motifs is 1. The molecular weight excluding hydrogens is 356 g/mol. The Bertz CT molecular complexity index is 1110. The molecule has 3 rings (SSSR count). The van der Waals surface area contributed by atoms with Crippen molar-refractivity contribution in [1.29, 1.82) is 0 Å². The predicted octanol–water partition coefficient (Wildman–Crippen LogP) is 3.24. The molecule has 0 bridgehead atoms. The molecule has 3 aromatic rings. The standard InChI is InChI=1S/C17H14N4O4S/c1-26(24,25)21-14-10-15(16(22)13-5-3-2-4-12(13)14)19-20-17(23)11-6-8-18-9-7-11/h2-10,21-22H,1H3. The number of carbonyl (C=O) groups is 1. The highest BCUT2D eigenvalue weighted by Crippen LogP contribution is 2.40. The number of azo groups is 1. The number of nitrogens with zero attached hydrogens (tertiary/aromatic N) is 3. The topological polar surface area (TPSA) is 121 Å². The fourth-order valence-electron chi connectivity index (χ4n) is 2.36. The number of sulfonamides is 1. The summed E-state index contributed by atoms with van der Waals surface area (Å²) in [5, 5.41) is 18.7. The zero-order chi connectivity index (χ0) is 18.7. The lowest BCUT2D eigenvalue weighted by Gasteiger charge is -2.11. The third-order valence-electron chi connectivity index (χ3n) is 3.47. The molecule has 0 fully saturated rings. The number of amides is 1. The number of aromatic hydroxyl groups is 1. The van der Waals surface area contributed by atoms with Crippen molar-refractivity contribution in [2.24, 2.45) is 10.2 Å². The summed E-state index contributed by atoms with van der Waals surface area (Å²) in [6, 6.07) is 11.0. The van der Waals surface area contributed by atoms with Crippen LogP contribution in [0, 0.1) is 0 Å². The number of phenolic OH excluding ortho intramolecular Hbond substituents is 1. The van der Waals surface area contributed by atoms with Gasteiger partial charge >= 0.3 is 0 Å². The summed E-state index contributed by atoms with van der Waals surface area (Å²) in [6.07, 6.45) is 3.91. The van der Waals surface area contributed by atoms with Crippen LogP contribution in [0.3, 0.4) is 0 Å². The Hall–Kier alpha value is -3.33. The Balaban J connectivity index is 2.07. The van der Waals surface area contributed by atoms with Gasteiger partial charge in [-0.25, -0.2) is 8.42 Å². The van der Waals surface area contributed by atoms with E-state index in [0.717, 1.165) is 6.26 Å². The molecule has 0 aliphatic carbocycles. The van der Waals surface area contributed by atoms with Crippen LogP contribution in [-0.2, 0) is 10.0 Å². The smallest absolute Gasteiger partial charge is 0.295 e. The van der Waals surface area contributed by atoms with Crippen molar-refractivity contribution in [3.8, 4) is 5.75 Å². The summed E-state index contributed by atoms with van der Waals surface area (Å²) < 4.78 is 25.6. The van der Waals surface area contributed by atoms with Crippen molar-refractivity contribution in [3.05, 3.63) is 60.4 Å². The number of anilines is 1. The van der Waals surface area contributed by atoms with Gasteiger partial charge in [-0.1, -0.05) is 24.3 Å². The van der Waals surface area contributed by atoms with Gasteiger partial charge in [0.2, 0.25) is 10.0 Å². The Labute approximate surface area is 149 Å². The van der Waals surface area contributed by atoms with Crippen LogP contribution in [0.25, 0.3) is 10.8 Å². The van der Waals surface area contributed by atoms with Gasteiger partial charge in [0.05, 0.1) is 11.9 Å². The maximum Gasteiger partial charge on any atom is 0.295 e. The number of pyridine rings is 1. The Kier molecular flexibility index (Phi) is 4.63. The lowest BCUT2D eigenvalue weighted by Crippen LogP contribution is -2.09. The van der Waals surface area contributed by atoms with Crippen molar-refractivity contribution in [2.75, 3.05) is 11.0 Å². The summed E-state index contributed by atoms with van der Waals surface area (Å²) in [5.41, 5.74) is 0.488. The first kappa shape index (κ1) is 17.5. The minimum absolute atomic E-state index is 0.0303. The first-order valence-corrected chi connectivity index (χ1v) is 9.33. The van der Waals surface area contributed by atoms with Crippen molar-refractivity contribution in [3.63, 3.8) is 0 Å². The molecule has 0 spiro atoms. The Morgan fingerprint density at radius 3 is 2.42 bits per heavy atom. The number of hydrogen-bond acceptors (Lipinski definition) is 6. The average Bonchev–Trinajstić information content (AvgIpc) is 2.62. The molecule has 1 amide bonds. The molecule has 0 saturated carbocycles. The summed E-state index contributed by atoms with van der Waals surface area (Å²) in [6.45, 7) is 0. The van der Waals surface area contributed by atoms with E-state index in [4.69, 9.17) is 0 Å². The van der Waals surface area contributed by atoms with Crippen molar-refractivity contribution in [2.45, 2.75) is 0 Å². The van der Waals surface area contributed by atoms with E-state index < -0.39 is 15.9 Å². The van der Waals surface area contributed by atoms with E-state index in [9.17, 15) is 18.3 Å². The number of rotatable bonds is 4. The minimum atomic E-state index is -3.55. The highest BCUT2D eigenvalue weighted by atomic mass is 32.2. The lowest BCUT2D eigenvalue weighted by molar-refractivity contribution is 0.0995. The first-order valence-electron chi connectivity index (χ1n) is 7.44. The van der Waals surface area contributed by atoms with Crippen molar-refractivity contribution < 1.29 is 18.3 Å². The molecule has 0 unspecified atom stereocenters. The van der Waals surface area contributed by atoms with Crippen LogP contribution in [0.1, 0.15) is 10.4 Å². The normalized spacial score (nSPS) is 11.7. The van der Waals surface area contributed by atoms with E-state index in [1.54, 1.807) is 24.3 Å². The molecule has 0 radical (unpaired) electrons. The van der Waals surface area contributed by atoms with Crippen LogP contribution in [-0.4, -0.2) is 30.7 Å². The van der Waals surface area contributed by atoms with E-state index in [1.165, 1.54) is 30.6 Å². The van der Waals surface area contributed by atoms with Gasteiger partial charge in [-0.05, 0) is 18.2 Å². The fraction of sp³-hybridized carbons (Fsp3) is 0.0588. The molecule has 2 aromatic carbocycles. The molecule has 0 saturated heterocycles. The predicted molar refractivity (Wildman–Crippen MR) is 97.2 cm³/mol. The van der Waals surface area contributed by atoms with Crippen LogP contribution in [0.5, 0.6) is 5.75 Å². The highest BCUT2D eigenvalue weighted by molar-refractivity contribution is 7.92. The van der Waals surface area contributed by atoms with Gasteiger partial charge in [-0.3, -0.25) is 14.5 Å². The van der Waals surface area contributed by atoms with E-state index in [1.807, 2.05) is 0 Å². The maximum atomic E-state index is 12.0. The van der Waals surface area contributed by atoms with Crippen LogP contribution in [0.4, 0.5) is 11.4 Å². The van der Waals surface area contributed by atoms with Gasteiger partial charge in [0.25, 0.3) is 5.91 Å². The third kappa shape index (κ3) is 3.83. The Morgan fingerprint density at radius 1 is 1.12 bits per heavy atom. The molecule has 9 heteroatoms. The third-order valence-corrected chi connectivity index (χ3v) is 4.06. The zero-order valence-electron chi connectivity index (χ0n) is 13.6. The average molecular weight is 370 g/mol. The summed E-state index contributed by atoms with van der Waals surface area (Å²) in [7, 11) is -3.55. The SMILES string of the molecule is CS(=O)(=O)Nc1cc(N=NC(=O)c2ccncc2)c(O)c2ccccc12. The second-order valence-corrected chi connectivity index (χ2v) is 7.20. The van der Waals surface area contributed by atoms with E-state index in [-0.39, 0.29) is 17.1 Å². The molecule has 0 aliphatic rings. The van der Waals surface area contributed by atoms with Crippen LogP contribution in [0.15, 0.2) is 65.1 Å². The number of carbonyl (C=O) groups excluding carboxylic acids is 1. The second-order valence-electron chi connectivity index (χ2n) is 5.45. The van der Waals surface area contributed by atoms with E-state index in [2.05, 4.69) is 19.9 Å². The molecule has 132 valence electrons. The molecular formula is C17H14N4O4S. The highest BCUT2D eigenvalue weighted by Gasteiger charge is 2.14. The molecule has 8 nitrogen and oxygen atoms in total. The molecule has 1 heterocycles. The van der Waals surface area contributed by atoms with Crippen molar-refractivity contribution >= 4 is 38.1 Å². The summed E-state index contributed by atoms with van der Waals surface area (Å²) >= 11 is 0. The number of hydrogen-bond donors (Lipinski definition) is 2. The fourth-order valence-corrected chi connectivity index (χ4v) is 2.93. The van der Waals surface area contributed by atoms with E-state index >= 15 is 0 Å². The molecule has 0 atom stereocenters. The van der Waals surface area contributed by atoms with Gasteiger partial charge in [0.1, 0.15) is 5.69 Å². The van der Waals surface area contributed by atoms with Crippen LogP contribution >= 0.6 is 0 Å². The van der Waals surface area contributed by atoms with Crippen LogP contribution in [0.2, 0.25) is 0 Å². The maximum absolute atomic E-state index is 12.0.